The number of nitrogens with one attached hydrogen (secondary N) is 1. The first kappa shape index (κ1) is 12.4. The van der Waals surface area contributed by atoms with E-state index >= 15 is 0 Å². The molecule has 1 aromatic carbocycles. The van der Waals surface area contributed by atoms with Gasteiger partial charge in [-0.2, -0.15) is 0 Å². The zero-order valence-corrected chi connectivity index (χ0v) is 10.8. The fraction of sp³-hybridized carbons (Fsp3) is 0.571. The average Bonchev–Trinajstić information content (AvgIpc) is 2.29. The van der Waals surface area contributed by atoms with Gasteiger partial charge in [-0.25, -0.2) is 4.39 Å². The standard InChI is InChI=1S/C14H21FN2/c1-14(2,3)13-10-17(9-8-16-13)12-7-5-4-6-11(12)15/h4-7,13,16H,8-10H2,1-3H3. The molecule has 1 fully saturated rings. The molecule has 2 rings (SSSR count). The molecular formula is C14H21FN2. The molecule has 1 N–H and O–H groups in total. The number of anilines is 1. The lowest BCUT2D eigenvalue weighted by Gasteiger charge is -2.41. The molecule has 0 radical (unpaired) electrons. The van der Waals surface area contributed by atoms with Crippen molar-refractivity contribution in [3.8, 4) is 0 Å². The van der Waals surface area contributed by atoms with E-state index in [1.165, 1.54) is 6.07 Å². The summed E-state index contributed by atoms with van der Waals surface area (Å²) in [6.45, 7) is 9.30. The summed E-state index contributed by atoms with van der Waals surface area (Å²) in [5.41, 5.74) is 0.924. The Bertz CT molecular complexity index is 384. The van der Waals surface area contributed by atoms with Crippen LogP contribution in [0.5, 0.6) is 0 Å². The van der Waals surface area contributed by atoms with Crippen LogP contribution in [0.4, 0.5) is 10.1 Å². The van der Waals surface area contributed by atoms with Crippen molar-refractivity contribution in [3.63, 3.8) is 0 Å². The first-order chi connectivity index (χ1) is 7.98. The zero-order valence-electron chi connectivity index (χ0n) is 10.8. The van der Waals surface area contributed by atoms with Crippen LogP contribution in [0.3, 0.4) is 0 Å². The number of benzene rings is 1. The SMILES string of the molecule is CC(C)(C)C1CN(c2ccccc2F)CCN1. The van der Waals surface area contributed by atoms with Gasteiger partial charge >= 0.3 is 0 Å². The fourth-order valence-electron chi connectivity index (χ4n) is 2.26. The van der Waals surface area contributed by atoms with Gasteiger partial charge in [0.25, 0.3) is 0 Å². The van der Waals surface area contributed by atoms with Crippen LogP contribution in [-0.2, 0) is 0 Å². The molecule has 0 amide bonds. The van der Waals surface area contributed by atoms with Gasteiger partial charge in [0.15, 0.2) is 0 Å². The van der Waals surface area contributed by atoms with E-state index in [0.717, 1.165) is 25.3 Å². The van der Waals surface area contributed by atoms with Crippen molar-refractivity contribution in [2.75, 3.05) is 24.5 Å². The molecule has 3 heteroatoms. The Morgan fingerprint density at radius 2 is 2.00 bits per heavy atom. The van der Waals surface area contributed by atoms with E-state index in [0.29, 0.717) is 6.04 Å². The summed E-state index contributed by atoms with van der Waals surface area (Å²) in [4.78, 5) is 2.14. The van der Waals surface area contributed by atoms with Gasteiger partial charge in [-0.1, -0.05) is 32.9 Å². The van der Waals surface area contributed by atoms with Gasteiger partial charge in [-0.15, -0.1) is 0 Å². The lowest BCUT2D eigenvalue weighted by atomic mass is 9.85. The van der Waals surface area contributed by atoms with Crippen LogP contribution in [0.25, 0.3) is 0 Å². The van der Waals surface area contributed by atoms with Crippen LogP contribution in [0.2, 0.25) is 0 Å². The molecule has 1 heterocycles. The van der Waals surface area contributed by atoms with Crippen LogP contribution >= 0.6 is 0 Å². The van der Waals surface area contributed by atoms with Gasteiger partial charge in [0.05, 0.1) is 5.69 Å². The number of rotatable bonds is 1. The maximum Gasteiger partial charge on any atom is 0.146 e. The summed E-state index contributed by atoms with van der Waals surface area (Å²) in [5, 5.41) is 3.51. The highest BCUT2D eigenvalue weighted by molar-refractivity contribution is 5.48. The van der Waals surface area contributed by atoms with E-state index in [4.69, 9.17) is 0 Å². The molecular weight excluding hydrogens is 215 g/mol. The third kappa shape index (κ3) is 2.78. The minimum absolute atomic E-state index is 0.123. The van der Waals surface area contributed by atoms with Crippen molar-refractivity contribution in [1.82, 2.24) is 5.32 Å². The Morgan fingerprint density at radius 3 is 2.65 bits per heavy atom. The van der Waals surface area contributed by atoms with Gasteiger partial charge in [-0.05, 0) is 17.5 Å². The minimum atomic E-state index is -0.123. The topological polar surface area (TPSA) is 15.3 Å². The molecule has 1 unspecified atom stereocenters. The third-order valence-corrected chi connectivity index (χ3v) is 3.41. The summed E-state index contributed by atoms with van der Waals surface area (Å²) in [7, 11) is 0. The Labute approximate surface area is 103 Å². The van der Waals surface area contributed by atoms with E-state index in [-0.39, 0.29) is 11.2 Å². The molecule has 0 aliphatic carbocycles. The fourth-order valence-corrected chi connectivity index (χ4v) is 2.26. The monoisotopic (exact) mass is 236 g/mol. The molecule has 17 heavy (non-hydrogen) atoms. The van der Waals surface area contributed by atoms with Crippen molar-refractivity contribution in [1.29, 1.82) is 0 Å². The van der Waals surface area contributed by atoms with E-state index < -0.39 is 0 Å². The van der Waals surface area contributed by atoms with Crippen molar-refractivity contribution < 1.29 is 4.39 Å². The van der Waals surface area contributed by atoms with Crippen LogP contribution in [0.1, 0.15) is 20.8 Å². The molecule has 1 aliphatic rings. The predicted molar refractivity (Wildman–Crippen MR) is 69.9 cm³/mol. The first-order valence-corrected chi connectivity index (χ1v) is 6.21. The molecule has 0 aromatic heterocycles. The van der Waals surface area contributed by atoms with Gasteiger partial charge in [0.2, 0.25) is 0 Å². The number of hydrogen-bond acceptors (Lipinski definition) is 2. The smallest absolute Gasteiger partial charge is 0.146 e. The number of para-hydroxylation sites is 1. The maximum atomic E-state index is 13.7. The highest BCUT2D eigenvalue weighted by Gasteiger charge is 2.29. The van der Waals surface area contributed by atoms with Gasteiger partial charge < -0.3 is 10.2 Å². The summed E-state index contributed by atoms with van der Waals surface area (Å²) in [5.74, 6) is -0.123. The maximum absolute atomic E-state index is 13.7. The van der Waals surface area contributed by atoms with Gasteiger partial charge in [-0.3, -0.25) is 0 Å². The van der Waals surface area contributed by atoms with Gasteiger partial charge in [0.1, 0.15) is 5.82 Å². The van der Waals surface area contributed by atoms with Crippen molar-refractivity contribution >= 4 is 5.69 Å². The van der Waals surface area contributed by atoms with Crippen LogP contribution in [-0.4, -0.2) is 25.7 Å². The van der Waals surface area contributed by atoms with E-state index in [2.05, 4.69) is 31.0 Å². The number of piperazine rings is 1. The molecule has 2 nitrogen and oxygen atoms in total. The molecule has 1 saturated heterocycles. The van der Waals surface area contributed by atoms with Crippen molar-refractivity contribution in [2.24, 2.45) is 5.41 Å². The zero-order chi connectivity index (χ0) is 12.5. The van der Waals surface area contributed by atoms with Crippen LogP contribution in [0.15, 0.2) is 24.3 Å². The van der Waals surface area contributed by atoms with E-state index in [1.807, 2.05) is 12.1 Å². The first-order valence-electron chi connectivity index (χ1n) is 6.21. The summed E-state index contributed by atoms with van der Waals surface area (Å²) < 4.78 is 13.7. The molecule has 0 spiro atoms. The second kappa shape index (κ2) is 4.65. The summed E-state index contributed by atoms with van der Waals surface area (Å²) >= 11 is 0. The molecule has 0 bridgehead atoms. The quantitative estimate of drug-likeness (QED) is 0.806. The highest BCUT2D eigenvalue weighted by Crippen LogP contribution is 2.26. The average molecular weight is 236 g/mol. The molecule has 1 aromatic rings. The van der Waals surface area contributed by atoms with E-state index in [1.54, 1.807) is 6.07 Å². The Morgan fingerprint density at radius 1 is 1.29 bits per heavy atom. The lowest BCUT2D eigenvalue weighted by Crippen LogP contribution is -2.56. The normalized spacial score (nSPS) is 21.6. The largest absolute Gasteiger partial charge is 0.366 e. The summed E-state index contributed by atoms with van der Waals surface area (Å²) in [6, 6.07) is 7.43. The molecule has 1 atom stereocenters. The third-order valence-electron chi connectivity index (χ3n) is 3.41. The second-order valence-corrected chi connectivity index (χ2v) is 5.77. The number of nitrogens with zero attached hydrogens (tertiary/aromatic N) is 1. The van der Waals surface area contributed by atoms with Crippen LogP contribution in [0, 0.1) is 11.2 Å². The minimum Gasteiger partial charge on any atom is -0.366 e. The number of hydrogen-bond donors (Lipinski definition) is 1. The van der Waals surface area contributed by atoms with Crippen LogP contribution < -0.4 is 10.2 Å². The Hall–Kier alpha value is -1.09. The molecule has 0 saturated carbocycles. The molecule has 1 aliphatic heterocycles. The second-order valence-electron chi connectivity index (χ2n) is 5.77. The highest BCUT2D eigenvalue weighted by atomic mass is 19.1. The van der Waals surface area contributed by atoms with E-state index in [9.17, 15) is 4.39 Å². The number of halogens is 1. The lowest BCUT2D eigenvalue weighted by molar-refractivity contribution is 0.253. The van der Waals surface area contributed by atoms with Crippen molar-refractivity contribution in [2.45, 2.75) is 26.8 Å². The Kier molecular flexibility index (Phi) is 3.38. The molecule has 94 valence electrons. The van der Waals surface area contributed by atoms with Gasteiger partial charge in [0, 0.05) is 25.7 Å². The van der Waals surface area contributed by atoms with Crippen molar-refractivity contribution in [3.05, 3.63) is 30.1 Å². The summed E-state index contributed by atoms with van der Waals surface area (Å²) in [6.07, 6.45) is 0. The Balaban J connectivity index is 2.15. The predicted octanol–water partition coefficient (Wildman–Crippen LogP) is 2.65.